The van der Waals surface area contributed by atoms with Crippen LogP contribution in [0.5, 0.6) is 0 Å². The number of hydrogen-bond acceptors (Lipinski definition) is 6. The molecule has 3 amide bonds. The molecule has 1 aromatic heterocycles. The third-order valence-corrected chi connectivity index (χ3v) is 6.93. The van der Waals surface area contributed by atoms with Crippen LogP contribution in [0.2, 0.25) is 0 Å². The van der Waals surface area contributed by atoms with Crippen molar-refractivity contribution in [3.63, 3.8) is 0 Å². The van der Waals surface area contributed by atoms with Crippen LogP contribution >= 0.6 is 0 Å². The zero-order valence-electron chi connectivity index (χ0n) is 17.4. The van der Waals surface area contributed by atoms with E-state index in [1.54, 1.807) is 23.4 Å². The number of aromatic nitrogens is 1. The van der Waals surface area contributed by atoms with Crippen LogP contribution in [-0.4, -0.2) is 45.6 Å². The third kappa shape index (κ3) is 4.50. The van der Waals surface area contributed by atoms with E-state index in [2.05, 4.69) is 10.5 Å². The number of aryl methyl sites for hydroxylation is 1. The molecule has 4 rings (SSSR count). The molecule has 1 aromatic rings. The maximum absolute atomic E-state index is 13.5. The molecule has 1 spiro atoms. The van der Waals surface area contributed by atoms with Crippen molar-refractivity contribution in [1.29, 1.82) is 0 Å². The molecule has 1 unspecified atom stereocenters. The van der Waals surface area contributed by atoms with E-state index in [0.717, 1.165) is 38.5 Å². The Bertz CT molecular complexity index is 812. The van der Waals surface area contributed by atoms with Gasteiger partial charge >= 0.3 is 0 Å². The minimum Gasteiger partial charge on any atom is -0.360 e. The fourth-order valence-electron chi connectivity index (χ4n) is 5.12. The van der Waals surface area contributed by atoms with E-state index in [4.69, 9.17) is 9.73 Å². The van der Waals surface area contributed by atoms with Crippen LogP contribution < -0.4 is 10.8 Å². The van der Waals surface area contributed by atoms with Crippen LogP contribution in [0.25, 0.3) is 0 Å². The third-order valence-electron chi connectivity index (χ3n) is 6.93. The molecule has 0 bridgehead atoms. The summed E-state index contributed by atoms with van der Waals surface area (Å²) in [4.78, 5) is 40.1. The van der Waals surface area contributed by atoms with Crippen molar-refractivity contribution in [2.45, 2.75) is 70.8 Å². The normalized spacial score (nSPS) is 23.5. The predicted molar refractivity (Wildman–Crippen MR) is 106 cm³/mol. The lowest BCUT2D eigenvalue weighted by Crippen LogP contribution is -2.46. The molecule has 3 fully saturated rings. The molecule has 2 atom stereocenters. The smallest absolute Gasteiger partial charge is 0.248 e. The van der Waals surface area contributed by atoms with E-state index in [0.29, 0.717) is 36.9 Å². The summed E-state index contributed by atoms with van der Waals surface area (Å²) in [6.45, 7) is 2.29. The van der Waals surface area contributed by atoms with Gasteiger partial charge in [-0.1, -0.05) is 30.8 Å². The van der Waals surface area contributed by atoms with Crippen molar-refractivity contribution in [2.75, 3.05) is 11.9 Å². The molecule has 9 heteroatoms. The fourth-order valence-corrected chi connectivity index (χ4v) is 5.12. The first-order chi connectivity index (χ1) is 14.4. The molecule has 0 aromatic carbocycles. The Kier molecular flexibility index (Phi) is 5.81. The van der Waals surface area contributed by atoms with Crippen molar-refractivity contribution >= 4 is 23.5 Å². The second-order valence-electron chi connectivity index (χ2n) is 9.32. The van der Waals surface area contributed by atoms with Crippen LogP contribution in [0.15, 0.2) is 10.6 Å². The van der Waals surface area contributed by atoms with Gasteiger partial charge in [-0.15, -0.1) is 0 Å². The number of likely N-dealkylation sites (tertiary alicyclic amines) is 1. The molecule has 3 aliphatic rings. The van der Waals surface area contributed by atoms with Crippen molar-refractivity contribution in [1.82, 2.24) is 15.5 Å². The van der Waals surface area contributed by atoms with E-state index in [1.807, 2.05) is 0 Å². The molecule has 9 nitrogen and oxygen atoms in total. The quantitative estimate of drug-likeness (QED) is 0.461. The Labute approximate surface area is 175 Å². The summed E-state index contributed by atoms with van der Waals surface area (Å²) in [7, 11) is 0. The number of nitrogens with one attached hydrogen (secondary N) is 2. The molecule has 0 radical (unpaired) electrons. The van der Waals surface area contributed by atoms with Gasteiger partial charge in [0.05, 0.1) is 0 Å². The number of nitrogens with zero attached hydrogens (tertiary/aromatic N) is 2. The monoisotopic (exact) mass is 418 g/mol. The fraction of sp³-hybridized carbons (Fsp3) is 0.714. The number of hydroxylamine groups is 1. The molecule has 2 heterocycles. The Morgan fingerprint density at radius 3 is 2.67 bits per heavy atom. The highest BCUT2D eigenvalue weighted by atomic mass is 16.5. The highest BCUT2D eigenvalue weighted by Crippen LogP contribution is 2.55. The molecular formula is C21H30N4O5. The largest absolute Gasteiger partial charge is 0.360 e. The van der Waals surface area contributed by atoms with Crippen LogP contribution in [0.4, 0.5) is 5.82 Å². The minimum atomic E-state index is -0.583. The van der Waals surface area contributed by atoms with E-state index >= 15 is 0 Å². The van der Waals surface area contributed by atoms with Crippen molar-refractivity contribution in [3.05, 3.63) is 11.8 Å². The molecule has 2 saturated carbocycles. The second kappa shape index (κ2) is 8.37. The van der Waals surface area contributed by atoms with Crippen molar-refractivity contribution in [3.8, 4) is 0 Å². The summed E-state index contributed by atoms with van der Waals surface area (Å²) in [6, 6.07) is 1.06. The van der Waals surface area contributed by atoms with E-state index in [-0.39, 0.29) is 23.7 Å². The first-order valence-corrected chi connectivity index (χ1v) is 10.9. The summed E-state index contributed by atoms with van der Waals surface area (Å²) in [5, 5.41) is 15.6. The van der Waals surface area contributed by atoms with Gasteiger partial charge in [0.2, 0.25) is 17.7 Å². The SMILES string of the molecule is Cc1cc(NC(=O)C2CC3(CC3)CN2C(=O)[C@@H](CC(=O)NO)CC2CCCC2)no1. The van der Waals surface area contributed by atoms with Gasteiger partial charge in [0.15, 0.2) is 5.82 Å². The minimum absolute atomic E-state index is 0.0224. The standard InChI is InChI=1S/C21H30N4O5/c1-13-8-17(24-30-13)22-19(27)16-11-21(6-7-21)12-25(16)20(28)15(10-18(26)23-29)9-14-4-2-3-5-14/h8,14-16,29H,2-7,9-12H2,1H3,(H,23,26)(H,22,24,27)/t15-,16?/m1/s1. The van der Waals surface area contributed by atoms with Crippen LogP contribution in [0, 0.1) is 24.2 Å². The molecular weight excluding hydrogens is 388 g/mol. The average Bonchev–Trinajstić information content (AvgIpc) is 3.08. The Morgan fingerprint density at radius 2 is 2.07 bits per heavy atom. The lowest BCUT2D eigenvalue weighted by atomic mass is 9.89. The maximum atomic E-state index is 13.5. The molecule has 164 valence electrons. The number of carbonyl (C=O) groups is 3. The Hall–Kier alpha value is -2.42. The molecule has 3 N–H and O–H groups in total. The maximum Gasteiger partial charge on any atom is 0.248 e. The number of hydrogen-bond donors (Lipinski definition) is 3. The highest BCUT2D eigenvalue weighted by Gasteiger charge is 2.55. The van der Waals surface area contributed by atoms with Crippen molar-refractivity contribution in [2.24, 2.45) is 17.3 Å². The molecule has 1 saturated heterocycles. The first kappa shape index (κ1) is 20.8. The lowest BCUT2D eigenvalue weighted by molar-refractivity contribution is -0.144. The van der Waals surface area contributed by atoms with Gasteiger partial charge in [-0.25, -0.2) is 5.48 Å². The summed E-state index contributed by atoms with van der Waals surface area (Å²) in [5.74, 6) is -0.186. The Morgan fingerprint density at radius 1 is 1.33 bits per heavy atom. The van der Waals surface area contributed by atoms with Gasteiger partial charge in [-0.2, -0.15) is 0 Å². The summed E-state index contributed by atoms with van der Waals surface area (Å²) in [6.07, 6.45) is 7.61. The topological polar surface area (TPSA) is 125 Å². The van der Waals surface area contributed by atoms with E-state index in [1.165, 1.54) is 0 Å². The second-order valence-corrected chi connectivity index (χ2v) is 9.32. The summed E-state index contributed by atoms with van der Waals surface area (Å²) < 4.78 is 5.01. The molecule has 1 aliphatic heterocycles. The molecule has 30 heavy (non-hydrogen) atoms. The summed E-state index contributed by atoms with van der Waals surface area (Å²) >= 11 is 0. The zero-order chi connectivity index (χ0) is 21.3. The average molecular weight is 418 g/mol. The van der Waals surface area contributed by atoms with E-state index in [9.17, 15) is 14.4 Å². The summed E-state index contributed by atoms with van der Waals surface area (Å²) in [5.41, 5.74) is 1.68. The lowest BCUT2D eigenvalue weighted by Gasteiger charge is -2.29. The van der Waals surface area contributed by atoms with Crippen LogP contribution in [-0.2, 0) is 14.4 Å². The first-order valence-electron chi connectivity index (χ1n) is 10.9. The predicted octanol–water partition coefficient (Wildman–Crippen LogP) is 2.39. The van der Waals surface area contributed by atoms with Gasteiger partial charge in [0.1, 0.15) is 11.8 Å². The van der Waals surface area contributed by atoms with Crippen molar-refractivity contribution < 1.29 is 24.1 Å². The number of carbonyl (C=O) groups excluding carboxylic acids is 3. The van der Waals surface area contributed by atoms with Crippen LogP contribution in [0.1, 0.15) is 63.5 Å². The van der Waals surface area contributed by atoms with Gasteiger partial charge in [-0.3, -0.25) is 19.6 Å². The number of rotatable bonds is 7. The highest BCUT2D eigenvalue weighted by molar-refractivity contribution is 5.98. The van der Waals surface area contributed by atoms with Gasteiger partial charge in [0, 0.05) is 24.9 Å². The van der Waals surface area contributed by atoms with Gasteiger partial charge in [0.25, 0.3) is 0 Å². The van der Waals surface area contributed by atoms with E-state index < -0.39 is 17.9 Å². The van der Waals surface area contributed by atoms with Crippen LogP contribution in [0.3, 0.4) is 0 Å². The van der Waals surface area contributed by atoms with Gasteiger partial charge < -0.3 is 14.7 Å². The van der Waals surface area contributed by atoms with Gasteiger partial charge in [-0.05, 0) is 43.9 Å². The number of amides is 3. The zero-order valence-corrected chi connectivity index (χ0v) is 17.4. The molecule has 2 aliphatic carbocycles. The Balaban J connectivity index is 1.50. The number of anilines is 1.